The third-order valence-electron chi connectivity index (χ3n) is 4.38. The van der Waals surface area contributed by atoms with Gasteiger partial charge >= 0.3 is 12.1 Å². The molecule has 8 heteroatoms. The van der Waals surface area contributed by atoms with E-state index in [9.17, 15) is 18.0 Å². The second-order valence-electron chi connectivity index (χ2n) is 6.37. The lowest BCUT2D eigenvalue weighted by Gasteiger charge is -2.10. The van der Waals surface area contributed by atoms with Crippen LogP contribution >= 0.6 is 0 Å². The van der Waals surface area contributed by atoms with Crippen molar-refractivity contribution < 1.29 is 27.4 Å². The van der Waals surface area contributed by atoms with Crippen LogP contribution in [0.5, 0.6) is 11.6 Å². The summed E-state index contributed by atoms with van der Waals surface area (Å²) < 4.78 is 49.9. The number of halogens is 3. The first-order chi connectivity index (χ1) is 14.4. The number of carbonyl (C=O) groups is 1. The molecule has 152 valence electrons. The van der Waals surface area contributed by atoms with Gasteiger partial charge in [-0.15, -0.1) is 0 Å². The lowest BCUT2D eigenvalue weighted by molar-refractivity contribution is -0.141. The lowest BCUT2D eigenvalue weighted by Crippen LogP contribution is -2.08. The van der Waals surface area contributed by atoms with Gasteiger partial charge in [-0.1, -0.05) is 24.3 Å². The summed E-state index contributed by atoms with van der Waals surface area (Å²) in [4.78, 5) is 20.0. The van der Waals surface area contributed by atoms with Gasteiger partial charge in [0.1, 0.15) is 17.1 Å². The molecule has 1 aliphatic heterocycles. The summed E-state index contributed by atoms with van der Waals surface area (Å²) in [5.74, 6) is -0.337. The molecule has 30 heavy (non-hydrogen) atoms. The molecular weight excluding hydrogens is 397 g/mol. The minimum atomic E-state index is -4.60. The minimum absolute atomic E-state index is 0.170. The van der Waals surface area contributed by atoms with Crippen LogP contribution in [0.25, 0.3) is 0 Å². The molecular formula is C22H15F3N2O3. The Kier molecular flexibility index (Phi) is 4.99. The predicted octanol–water partition coefficient (Wildman–Crippen LogP) is 5.55. The number of rotatable bonds is 3. The molecule has 0 amide bonds. The number of fused-ring (bicyclic) bond motifs is 2. The molecule has 0 bridgehead atoms. The van der Waals surface area contributed by atoms with E-state index in [2.05, 4.69) is 9.98 Å². The van der Waals surface area contributed by atoms with E-state index >= 15 is 0 Å². The fourth-order valence-electron chi connectivity index (χ4n) is 2.99. The van der Waals surface area contributed by atoms with Gasteiger partial charge in [0, 0.05) is 11.1 Å². The molecule has 0 radical (unpaired) electrons. The molecule has 4 rings (SSSR count). The molecule has 0 N–H and O–H groups in total. The monoisotopic (exact) mass is 412 g/mol. The molecule has 5 nitrogen and oxygen atoms in total. The maximum Gasteiger partial charge on any atom is 0.433 e. The van der Waals surface area contributed by atoms with Crippen molar-refractivity contribution >= 4 is 17.4 Å². The van der Waals surface area contributed by atoms with Gasteiger partial charge < -0.3 is 9.47 Å². The topological polar surface area (TPSA) is 60.8 Å². The minimum Gasteiger partial charge on any atom is -0.462 e. The molecule has 2 aromatic carbocycles. The number of para-hydroxylation sites is 1. The van der Waals surface area contributed by atoms with E-state index < -0.39 is 17.8 Å². The number of hydrogen-bond acceptors (Lipinski definition) is 5. The first kappa shape index (κ1) is 19.6. The zero-order valence-electron chi connectivity index (χ0n) is 15.7. The van der Waals surface area contributed by atoms with Crippen LogP contribution in [-0.2, 0) is 10.9 Å². The zero-order chi connectivity index (χ0) is 21.3. The maximum atomic E-state index is 13.1. The van der Waals surface area contributed by atoms with Crippen LogP contribution in [0.1, 0.15) is 34.1 Å². The Balaban J connectivity index is 1.82. The largest absolute Gasteiger partial charge is 0.462 e. The Morgan fingerprint density at radius 1 is 1.03 bits per heavy atom. The van der Waals surface area contributed by atoms with Crippen molar-refractivity contribution in [3.05, 3.63) is 83.0 Å². The smallest absolute Gasteiger partial charge is 0.433 e. The third-order valence-corrected chi connectivity index (χ3v) is 4.38. The van der Waals surface area contributed by atoms with E-state index in [-0.39, 0.29) is 18.2 Å². The van der Waals surface area contributed by atoms with Crippen LogP contribution in [0.15, 0.2) is 65.7 Å². The summed E-state index contributed by atoms with van der Waals surface area (Å²) in [6.07, 6.45) is -4.60. The summed E-state index contributed by atoms with van der Waals surface area (Å²) in [6.45, 7) is 1.99. The molecule has 3 aromatic rings. The van der Waals surface area contributed by atoms with Gasteiger partial charge in [0.2, 0.25) is 5.88 Å². The molecule has 0 saturated heterocycles. The Bertz CT molecular complexity index is 1140. The lowest BCUT2D eigenvalue weighted by atomic mass is 10.00. The van der Waals surface area contributed by atoms with E-state index in [1.54, 1.807) is 55.5 Å². The zero-order valence-corrected chi connectivity index (χ0v) is 15.7. The molecule has 0 fully saturated rings. The summed E-state index contributed by atoms with van der Waals surface area (Å²) in [7, 11) is 0. The van der Waals surface area contributed by atoms with E-state index in [0.717, 1.165) is 6.07 Å². The van der Waals surface area contributed by atoms with Gasteiger partial charge in [-0.3, -0.25) is 0 Å². The second-order valence-corrected chi connectivity index (χ2v) is 6.37. The fraction of sp³-hybridized carbons (Fsp3) is 0.136. The van der Waals surface area contributed by atoms with Gasteiger partial charge in [-0.05, 0) is 43.3 Å². The van der Waals surface area contributed by atoms with Crippen LogP contribution in [0, 0.1) is 0 Å². The number of hydrogen-bond donors (Lipinski definition) is 0. The van der Waals surface area contributed by atoms with Gasteiger partial charge in [0.05, 0.1) is 17.9 Å². The number of ether oxygens (including phenoxy) is 2. The summed E-state index contributed by atoms with van der Waals surface area (Å²) in [5.41, 5.74) is 1.23. The number of carbonyl (C=O) groups excluding carboxylic acids is 1. The van der Waals surface area contributed by atoms with E-state index in [1.807, 2.05) is 0 Å². The molecule has 1 aromatic heterocycles. The van der Waals surface area contributed by atoms with Crippen molar-refractivity contribution in [3.8, 4) is 11.6 Å². The SMILES string of the molecule is CCOC(=O)c1ccc(C2=Nc3ccc(C(F)(F)F)nc3Oc3ccccc32)cc1. The van der Waals surface area contributed by atoms with Crippen molar-refractivity contribution in [2.45, 2.75) is 13.1 Å². The van der Waals surface area contributed by atoms with Crippen LogP contribution in [0.3, 0.4) is 0 Å². The molecule has 0 unspecified atom stereocenters. The van der Waals surface area contributed by atoms with Crippen molar-refractivity contribution in [1.29, 1.82) is 0 Å². The van der Waals surface area contributed by atoms with Gasteiger partial charge in [0.15, 0.2) is 0 Å². The average Bonchev–Trinajstić information content (AvgIpc) is 2.89. The summed E-state index contributed by atoms with van der Waals surface area (Å²) in [5, 5.41) is 0. The van der Waals surface area contributed by atoms with Crippen LogP contribution in [0.2, 0.25) is 0 Å². The number of pyridine rings is 1. The quantitative estimate of drug-likeness (QED) is 0.414. The standard InChI is InChI=1S/C22H15F3N2O3/c1-2-29-21(28)14-9-7-13(8-10-14)19-15-5-3-4-6-17(15)30-20-16(26-19)11-12-18(27-20)22(23,24)25/h3-12H,2H2,1H3. The van der Waals surface area contributed by atoms with Crippen molar-refractivity contribution in [2.24, 2.45) is 4.99 Å². The van der Waals surface area contributed by atoms with Gasteiger partial charge in [0.25, 0.3) is 0 Å². The molecule has 2 heterocycles. The third kappa shape index (κ3) is 3.76. The van der Waals surface area contributed by atoms with Crippen molar-refractivity contribution in [2.75, 3.05) is 6.61 Å². The van der Waals surface area contributed by atoms with E-state index in [1.165, 1.54) is 6.07 Å². The molecule has 0 aliphatic carbocycles. The number of aromatic nitrogens is 1. The molecule has 1 aliphatic rings. The first-order valence-corrected chi connectivity index (χ1v) is 9.08. The molecule has 0 saturated carbocycles. The Morgan fingerprint density at radius 2 is 1.77 bits per heavy atom. The fourth-order valence-corrected chi connectivity index (χ4v) is 2.99. The highest BCUT2D eigenvalue weighted by atomic mass is 19.4. The summed E-state index contributed by atoms with van der Waals surface area (Å²) in [6, 6.07) is 15.6. The number of esters is 1. The maximum absolute atomic E-state index is 13.1. The normalized spacial score (nSPS) is 12.7. The Hall–Kier alpha value is -3.68. The summed E-state index contributed by atoms with van der Waals surface area (Å²) >= 11 is 0. The van der Waals surface area contributed by atoms with E-state index in [4.69, 9.17) is 9.47 Å². The number of benzene rings is 2. The van der Waals surface area contributed by atoms with Gasteiger partial charge in [-0.2, -0.15) is 13.2 Å². The number of nitrogens with zero attached hydrogens (tertiary/aromatic N) is 2. The van der Waals surface area contributed by atoms with E-state index in [0.29, 0.717) is 28.2 Å². The average molecular weight is 412 g/mol. The van der Waals surface area contributed by atoms with Crippen molar-refractivity contribution in [1.82, 2.24) is 4.98 Å². The highest BCUT2D eigenvalue weighted by Gasteiger charge is 2.34. The van der Waals surface area contributed by atoms with Gasteiger partial charge in [-0.25, -0.2) is 14.8 Å². The molecule has 0 spiro atoms. The number of aliphatic imine (C=N–C) groups is 1. The Morgan fingerprint density at radius 3 is 2.47 bits per heavy atom. The van der Waals surface area contributed by atoms with Crippen molar-refractivity contribution in [3.63, 3.8) is 0 Å². The van der Waals surface area contributed by atoms with Crippen LogP contribution < -0.4 is 4.74 Å². The highest BCUT2D eigenvalue weighted by molar-refractivity contribution is 6.16. The predicted molar refractivity (Wildman–Crippen MR) is 103 cm³/mol. The first-order valence-electron chi connectivity index (χ1n) is 9.08. The molecule has 0 atom stereocenters. The van der Waals surface area contributed by atoms with Crippen LogP contribution in [-0.4, -0.2) is 23.3 Å². The Labute approximate surface area is 169 Å². The van der Waals surface area contributed by atoms with Crippen LogP contribution in [0.4, 0.5) is 18.9 Å². The second kappa shape index (κ2) is 7.62. The number of alkyl halides is 3. The highest BCUT2D eigenvalue weighted by Crippen LogP contribution is 2.39.